The molecule has 2 N–H and O–H groups in total. The average molecular weight is 190 g/mol. The van der Waals surface area contributed by atoms with Crippen LogP contribution in [0.25, 0.3) is 5.78 Å². The van der Waals surface area contributed by atoms with Gasteiger partial charge in [0.25, 0.3) is 0 Å². The summed E-state index contributed by atoms with van der Waals surface area (Å²) in [7, 11) is 0. The van der Waals surface area contributed by atoms with E-state index in [9.17, 15) is 0 Å². The maximum Gasteiger partial charge on any atom is 0.236 e. The molecular weight excluding hydrogens is 176 g/mol. The van der Waals surface area contributed by atoms with Gasteiger partial charge in [0.2, 0.25) is 5.78 Å². The van der Waals surface area contributed by atoms with Gasteiger partial charge in [0, 0.05) is 11.4 Å². The molecule has 0 aromatic carbocycles. The van der Waals surface area contributed by atoms with Gasteiger partial charge in [-0.3, -0.25) is 4.40 Å². The summed E-state index contributed by atoms with van der Waals surface area (Å²) in [6, 6.07) is 2.00. The summed E-state index contributed by atoms with van der Waals surface area (Å²) in [5.74, 6) is 1.42. The Morgan fingerprint density at radius 3 is 2.71 bits per heavy atom. The van der Waals surface area contributed by atoms with E-state index in [1.165, 1.54) is 0 Å². The van der Waals surface area contributed by atoms with Gasteiger partial charge in [-0.15, -0.1) is 0 Å². The lowest BCUT2D eigenvalue weighted by Gasteiger charge is -2.02. The summed E-state index contributed by atoms with van der Waals surface area (Å²) in [5.41, 5.74) is 8.94. The van der Waals surface area contributed by atoms with E-state index < -0.39 is 0 Å². The number of imidazole rings is 1. The molecule has 0 spiro atoms. The molecule has 0 atom stereocenters. The van der Waals surface area contributed by atoms with Crippen molar-refractivity contribution in [3.8, 4) is 0 Å². The van der Waals surface area contributed by atoms with Crippen LogP contribution in [-0.4, -0.2) is 14.4 Å². The first-order chi connectivity index (χ1) is 6.63. The van der Waals surface area contributed by atoms with Crippen molar-refractivity contribution in [1.29, 1.82) is 0 Å². The standard InChI is InChI=1S/C10H14N4/c1-4-8-9(11)14-7(3)5-6(2)12-10(14)13-8/h5H,4,11H2,1-3H3. The number of hydrogen-bond acceptors (Lipinski definition) is 3. The maximum absolute atomic E-state index is 5.96. The Labute approximate surface area is 82.8 Å². The van der Waals surface area contributed by atoms with E-state index in [4.69, 9.17) is 5.73 Å². The Morgan fingerprint density at radius 2 is 2.07 bits per heavy atom. The molecule has 2 rings (SSSR count). The fourth-order valence-electron chi connectivity index (χ4n) is 1.70. The second-order valence-electron chi connectivity index (χ2n) is 3.47. The zero-order valence-corrected chi connectivity index (χ0v) is 8.70. The number of fused-ring (bicyclic) bond motifs is 1. The summed E-state index contributed by atoms with van der Waals surface area (Å²) in [6.45, 7) is 6.02. The molecule has 2 aromatic rings. The molecule has 4 nitrogen and oxygen atoms in total. The third-order valence-electron chi connectivity index (χ3n) is 2.35. The monoisotopic (exact) mass is 190 g/mol. The van der Waals surface area contributed by atoms with Crippen LogP contribution in [-0.2, 0) is 6.42 Å². The van der Waals surface area contributed by atoms with Crippen LogP contribution < -0.4 is 5.73 Å². The van der Waals surface area contributed by atoms with Crippen molar-refractivity contribution in [3.63, 3.8) is 0 Å². The van der Waals surface area contributed by atoms with E-state index in [1.807, 2.05) is 31.2 Å². The first kappa shape index (κ1) is 8.99. The smallest absolute Gasteiger partial charge is 0.236 e. The zero-order chi connectivity index (χ0) is 10.3. The number of aromatic nitrogens is 3. The second kappa shape index (κ2) is 2.97. The second-order valence-corrected chi connectivity index (χ2v) is 3.47. The van der Waals surface area contributed by atoms with Gasteiger partial charge < -0.3 is 5.73 Å². The number of aryl methyl sites for hydroxylation is 3. The van der Waals surface area contributed by atoms with Crippen molar-refractivity contribution in [2.45, 2.75) is 27.2 Å². The minimum Gasteiger partial charge on any atom is -0.383 e. The van der Waals surface area contributed by atoms with Crippen LogP contribution in [0.1, 0.15) is 24.0 Å². The van der Waals surface area contributed by atoms with Crippen LogP contribution in [0, 0.1) is 13.8 Å². The quantitative estimate of drug-likeness (QED) is 0.741. The Bertz CT molecular complexity index is 484. The van der Waals surface area contributed by atoms with E-state index in [1.54, 1.807) is 0 Å². The summed E-state index contributed by atoms with van der Waals surface area (Å²) >= 11 is 0. The van der Waals surface area contributed by atoms with E-state index in [0.717, 1.165) is 23.5 Å². The van der Waals surface area contributed by atoms with Gasteiger partial charge >= 0.3 is 0 Å². The third kappa shape index (κ3) is 1.14. The molecule has 0 saturated heterocycles. The normalized spacial score (nSPS) is 11.1. The topological polar surface area (TPSA) is 56.2 Å². The number of nitrogens with zero attached hydrogens (tertiary/aromatic N) is 3. The molecule has 14 heavy (non-hydrogen) atoms. The number of nitrogens with two attached hydrogens (primary N) is 1. The lowest BCUT2D eigenvalue weighted by atomic mass is 10.3. The molecule has 0 bridgehead atoms. The van der Waals surface area contributed by atoms with Crippen LogP contribution in [0.2, 0.25) is 0 Å². The molecule has 0 radical (unpaired) electrons. The van der Waals surface area contributed by atoms with E-state index in [-0.39, 0.29) is 0 Å². The molecule has 2 aromatic heterocycles. The van der Waals surface area contributed by atoms with Gasteiger partial charge in [-0.2, -0.15) is 0 Å². The van der Waals surface area contributed by atoms with Crippen molar-refractivity contribution < 1.29 is 0 Å². The van der Waals surface area contributed by atoms with E-state index in [2.05, 4.69) is 9.97 Å². The molecule has 0 aliphatic carbocycles. The highest BCUT2D eigenvalue weighted by Gasteiger charge is 2.10. The van der Waals surface area contributed by atoms with Crippen molar-refractivity contribution in [2.24, 2.45) is 0 Å². The fraction of sp³-hybridized carbons (Fsp3) is 0.400. The SMILES string of the molecule is CCc1nc2nc(C)cc(C)n2c1N. The molecule has 0 unspecified atom stereocenters. The Hall–Kier alpha value is -1.58. The van der Waals surface area contributed by atoms with Crippen LogP contribution in [0.3, 0.4) is 0 Å². The van der Waals surface area contributed by atoms with E-state index in [0.29, 0.717) is 11.6 Å². The number of anilines is 1. The van der Waals surface area contributed by atoms with Crippen LogP contribution >= 0.6 is 0 Å². The summed E-state index contributed by atoms with van der Waals surface area (Å²) in [5, 5.41) is 0. The van der Waals surface area contributed by atoms with Gasteiger partial charge in [-0.1, -0.05) is 6.92 Å². The van der Waals surface area contributed by atoms with Gasteiger partial charge in [-0.05, 0) is 26.3 Å². The molecule has 0 saturated carbocycles. The molecule has 0 aliphatic rings. The van der Waals surface area contributed by atoms with Crippen molar-refractivity contribution in [1.82, 2.24) is 14.4 Å². The summed E-state index contributed by atoms with van der Waals surface area (Å²) in [4.78, 5) is 8.72. The molecule has 74 valence electrons. The molecular formula is C10H14N4. The van der Waals surface area contributed by atoms with Crippen molar-refractivity contribution >= 4 is 11.6 Å². The van der Waals surface area contributed by atoms with Crippen LogP contribution in [0.15, 0.2) is 6.07 Å². The summed E-state index contributed by atoms with van der Waals surface area (Å²) in [6.07, 6.45) is 0.841. The third-order valence-corrected chi connectivity index (χ3v) is 2.35. The average Bonchev–Trinajstić information content (AvgIpc) is 2.42. The van der Waals surface area contributed by atoms with Gasteiger partial charge in [0.15, 0.2) is 0 Å². The highest BCUT2D eigenvalue weighted by Crippen LogP contribution is 2.16. The highest BCUT2D eigenvalue weighted by molar-refractivity contribution is 5.50. The predicted octanol–water partition coefficient (Wildman–Crippen LogP) is 1.49. The number of rotatable bonds is 1. The van der Waals surface area contributed by atoms with Crippen LogP contribution in [0.4, 0.5) is 5.82 Å². The number of nitrogen functional groups attached to an aromatic ring is 1. The fourth-order valence-corrected chi connectivity index (χ4v) is 1.70. The minimum absolute atomic E-state index is 0.705. The molecule has 4 heteroatoms. The molecule has 2 heterocycles. The Morgan fingerprint density at radius 1 is 1.36 bits per heavy atom. The van der Waals surface area contributed by atoms with Crippen molar-refractivity contribution in [2.75, 3.05) is 5.73 Å². The van der Waals surface area contributed by atoms with Crippen LogP contribution in [0.5, 0.6) is 0 Å². The first-order valence-electron chi connectivity index (χ1n) is 4.74. The van der Waals surface area contributed by atoms with Crippen molar-refractivity contribution in [3.05, 3.63) is 23.1 Å². The molecule has 0 aliphatic heterocycles. The Balaban J connectivity index is 2.85. The highest BCUT2D eigenvalue weighted by atomic mass is 15.1. The lowest BCUT2D eigenvalue weighted by molar-refractivity contribution is 1.02. The minimum atomic E-state index is 0.705. The zero-order valence-electron chi connectivity index (χ0n) is 8.70. The Kier molecular flexibility index (Phi) is 1.91. The lowest BCUT2D eigenvalue weighted by Crippen LogP contribution is -2.00. The summed E-state index contributed by atoms with van der Waals surface area (Å²) < 4.78 is 1.89. The predicted molar refractivity (Wildman–Crippen MR) is 56.3 cm³/mol. The van der Waals surface area contributed by atoms with Gasteiger partial charge in [0.05, 0.1) is 5.69 Å². The number of hydrogen-bond donors (Lipinski definition) is 1. The largest absolute Gasteiger partial charge is 0.383 e. The molecule has 0 amide bonds. The van der Waals surface area contributed by atoms with Gasteiger partial charge in [0.1, 0.15) is 5.82 Å². The molecule has 0 fully saturated rings. The first-order valence-corrected chi connectivity index (χ1v) is 4.74. The van der Waals surface area contributed by atoms with E-state index >= 15 is 0 Å². The maximum atomic E-state index is 5.96. The van der Waals surface area contributed by atoms with Gasteiger partial charge in [-0.25, -0.2) is 9.97 Å².